The number of anilines is 1. The van der Waals surface area contributed by atoms with Crippen molar-refractivity contribution in [3.8, 4) is 5.75 Å². The highest BCUT2D eigenvalue weighted by molar-refractivity contribution is 5.89. The van der Waals surface area contributed by atoms with Gasteiger partial charge in [0.2, 0.25) is 0 Å². The van der Waals surface area contributed by atoms with E-state index in [2.05, 4.69) is 64.7 Å². The maximum atomic E-state index is 6.36. The van der Waals surface area contributed by atoms with Crippen molar-refractivity contribution in [2.75, 3.05) is 5.32 Å². The van der Waals surface area contributed by atoms with Crippen molar-refractivity contribution < 1.29 is 4.74 Å². The molecule has 1 aliphatic carbocycles. The summed E-state index contributed by atoms with van der Waals surface area (Å²) in [5.74, 6) is 1.92. The molecule has 2 heterocycles. The van der Waals surface area contributed by atoms with Crippen LogP contribution in [0.3, 0.4) is 0 Å². The summed E-state index contributed by atoms with van der Waals surface area (Å²) in [6.07, 6.45) is 6.17. The number of hydrogen-bond donors (Lipinski definition) is 1. The number of nitrogens with zero attached hydrogens (tertiary/aromatic N) is 2. The SMILES string of the molecule is Cc1ccc2ncnc(NC3CC4(CCC4)Oc4ccccc43)c2c1. The van der Waals surface area contributed by atoms with Crippen LogP contribution in [0.15, 0.2) is 48.8 Å². The summed E-state index contributed by atoms with van der Waals surface area (Å²) in [5, 5.41) is 4.78. The Labute approximate surface area is 147 Å². The van der Waals surface area contributed by atoms with E-state index in [1.807, 2.05) is 0 Å². The Hall–Kier alpha value is -2.62. The molecule has 5 rings (SSSR count). The summed E-state index contributed by atoms with van der Waals surface area (Å²) in [4.78, 5) is 8.94. The summed E-state index contributed by atoms with van der Waals surface area (Å²) in [5.41, 5.74) is 3.42. The number of hydrogen-bond acceptors (Lipinski definition) is 4. The van der Waals surface area contributed by atoms with Gasteiger partial charge in [-0.15, -0.1) is 0 Å². The van der Waals surface area contributed by atoms with Crippen molar-refractivity contribution in [2.45, 2.75) is 44.2 Å². The number of rotatable bonds is 2. The molecule has 2 aromatic carbocycles. The minimum absolute atomic E-state index is 0.00473. The fraction of sp³-hybridized carbons (Fsp3) is 0.333. The number of aromatic nitrogens is 2. The van der Waals surface area contributed by atoms with E-state index in [1.165, 1.54) is 17.5 Å². The van der Waals surface area contributed by atoms with Crippen LogP contribution in [-0.2, 0) is 0 Å². The molecule has 1 fully saturated rings. The molecule has 1 spiro atoms. The number of benzene rings is 2. The molecule has 0 bridgehead atoms. The van der Waals surface area contributed by atoms with Gasteiger partial charge in [0, 0.05) is 17.4 Å². The van der Waals surface area contributed by atoms with Crippen molar-refractivity contribution >= 4 is 16.7 Å². The summed E-state index contributed by atoms with van der Waals surface area (Å²) < 4.78 is 6.36. The van der Waals surface area contributed by atoms with Gasteiger partial charge in [-0.25, -0.2) is 9.97 Å². The minimum atomic E-state index is 0.00473. The van der Waals surface area contributed by atoms with E-state index in [9.17, 15) is 0 Å². The molecule has 1 aromatic heterocycles. The average Bonchev–Trinajstić information content (AvgIpc) is 2.61. The standard InChI is InChI=1S/C21H21N3O/c1-14-7-8-17-16(11-14)20(23-13-22-17)24-18-12-21(9-4-10-21)25-19-6-3-2-5-15(18)19/h2-3,5-8,11,13,18H,4,9-10,12H2,1H3,(H,22,23,24). The lowest BCUT2D eigenvalue weighted by atomic mass is 9.73. The van der Waals surface area contributed by atoms with Gasteiger partial charge in [0.25, 0.3) is 0 Å². The summed E-state index contributed by atoms with van der Waals surface area (Å²) in [7, 11) is 0. The van der Waals surface area contributed by atoms with Gasteiger partial charge in [0.05, 0.1) is 11.6 Å². The monoisotopic (exact) mass is 331 g/mol. The zero-order valence-electron chi connectivity index (χ0n) is 14.3. The molecule has 1 unspecified atom stereocenters. The zero-order valence-corrected chi connectivity index (χ0v) is 14.3. The molecule has 0 radical (unpaired) electrons. The van der Waals surface area contributed by atoms with E-state index >= 15 is 0 Å². The first kappa shape index (κ1) is 14.7. The van der Waals surface area contributed by atoms with Crippen LogP contribution in [0.25, 0.3) is 10.9 Å². The molecule has 1 saturated carbocycles. The number of ether oxygens (including phenoxy) is 1. The highest BCUT2D eigenvalue weighted by Crippen LogP contribution is 2.49. The first-order valence-electron chi connectivity index (χ1n) is 8.98. The maximum Gasteiger partial charge on any atom is 0.137 e. The lowest BCUT2D eigenvalue weighted by Gasteiger charge is -2.48. The van der Waals surface area contributed by atoms with Crippen LogP contribution >= 0.6 is 0 Å². The third kappa shape index (κ3) is 2.44. The Morgan fingerprint density at radius 2 is 2.00 bits per heavy atom. The number of nitrogens with one attached hydrogen (secondary N) is 1. The molecule has 1 N–H and O–H groups in total. The Balaban J connectivity index is 1.56. The van der Waals surface area contributed by atoms with E-state index < -0.39 is 0 Å². The highest BCUT2D eigenvalue weighted by atomic mass is 16.5. The van der Waals surface area contributed by atoms with Crippen molar-refractivity contribution in [3.63, 3.8) is 0 Å². The maximum absolute atomic E-state index is 6.36. The third-order valence-corrected chi connectivity index (χ3v) is 5.56. The quantitative estimate of drug-likeness (QED) is 0.733. The van der Waals surface area contributed by atoms with Gasteiger partial charge in [-0.05, 0) is 44.4 Å². The summed E-state index contributed by atoms with van der Waals surface area (Å²) in [6.45, 7) is 2.10. The molecule has 1 aliphatic heterocycles. The van der Waals surface area contributed by atoms with Crippen LogP contribution in [0.1, 0.15) is 42.9 Å². The predicted octanol–water partition coefficient (Wildman–Crippen LogP) is 4.80. The summed E-state index contributed by atoms with van der Waals surface area (Å²) >= 11 is 0. The number of aryl methyl sites for hydroxylation is 1. The fourth-order valence-corrected chi connectivity index (χ4v) is 4.07. The molecule has 126 valence electrons. The molecule has 4 heteroatoms. The first-order valence-corrected chi connectivity index (χ1v) is 8.98. The minimum Gasteiger partial charge on any atom is -0.487 e. The molecule has 3 aromatic rings. The topological polar surface area (TPSA) is 47.0 Å². The Kier molecular flexibility index (Phi) is 3.20. The van der Waals surface area contributed by atoms with E-state index in [1.54, 1.807) is 6.33 Å². The third-order valence-electron chi connectivity index (χ3n) is 5.56. The lowest BCUT2D eigenvalue weighted by molar-refractivity contribution is -0.0309. The smallest absolute Gasteiger partial charge is 0.137 e. The van der Waals surface area contributed by atoms with Gasteiger partial charge in [-0.2, -0.15) is 0 Å². The van der Waals surface area contributed by atoms with Crippen LogP contribution in [0, 0.1) is 6.92 Å². The van der Waals surface area contributed by atoms with Crippen LogP contribution in [0.2, 0.25) is 0 Å². The lowest BCUT2D eigenvalue weighted by Crippen LogP contribution is -2.48. The van der Waals surface area contributed by atoms with E-state index in [-0.39, 0.29) is 11.6 Å². The van der Waals surface area contributed by atoms with E-state index in [0.717, 1.165) is 41.7 Å². The van der Waals surface area contributed by atoms with Crippen molar-refractivity contribution in [2.24, 2.45) is 0 Å². The second-order valence-corrected chi connectivity index (χ2v) is 7.32. The van der Waals surface area contributed by atoms with Crippen molar-refractivity contribution in [1.82, 2.24) is 9.97 Å². The molecular formula is C21H21N3O. The Bertz CT molecular complexity index is 949. The van der Waals surface area contributed by atoms with Gasteiger partial charge in [0.1, 0.15) is 23.5 Å². The number of para-hydroxylation sites is 1. The summed E-state index contributed by atoms with van der Waals surface area (Å²) in [6, 6.07) is 14.9. The van der Waals surface area contributed by atoms with Crippen LogP contribution < -0.4 is 10.1 Å². The molecule has 2 aliphatic rings. The predicted molar refractivity (Wildman–Crippen MR) is 98.9 cm³/mol. The molecule has 4 nitrogen and oxygen atoms in total. The highest BCUT2D eigenvalue weighted by Gasteiger charge is 2.45. The van der Waals surface area contributed by atoms with Gasteiger partial charge in [-0.1, -0.05) is 29.8 Å². The van der Waals surface area contributed by atoms with Crippen LogP contribution in [-0.4, -0.2) is 15.6 Å². The molecular weight excluding hydrogens is 310 g/mol. The molecule has 0 saturated heterocycles. The zero-order chi connectivity index (χ0) is 16.9. The van der Waals surface area contributed by atoms with Crippen LogP contribution in [0.5, 0.6) is 5.75 Å². The normalized spacial score (nSPS) is 20.6. The Morgan fingerprint density at radius 1 is 1.12 bits per heavy atom. The van der Waals surface area contributed by atoms with Gasteiger partial charge in [0.15, 0.2) is 0 Å². The van der Waals surface area contributed by atoms with Crippen LogP contribution in [0.4, 0.5) is 5.82 Å². The van der Waals surface area contributed by atoms with Gasteiger partial charge in [-0.3, -0.25) is 0 Å². The molecule has 1 atom stereocenters. The van der Waals surface area contributed by atoms with Crippen molar-refractivity contribution in [1.29, 1.82) is 0 Å². The Morgan fingerprint density at radius 3 is 2.84 bits per heavy atom. The second kappa shape index (κ2) is 5.45. The molecule has 0 amide bonds. The van der Waals surface area contributed by atoms with E-state index in [4.69, 9.17) is 4.74 Å². The first-order chi connectivity index (χ1) is 12.2. The molecule has 25 heavy (non-hydrogen) atoms. The second-order valence-electron chi connectivity index (χ2n) is 7.32. The average molecular weight is 331 g/mol. The van der Waals surface area contributed by atoms with E-state index in [0.29, 0.717) is 0 Å². The van der Waals surface area contributed by atoms with Gasteiger partial charge >= 0.3 is 0 Å². The largest absolute Gasteiger partial charge is 0.487 e. The van der Waals surface area contributed by atoms with Crippen molar-refractivity contribution in [3.05, 3.63) is 59.9 Å². The van der Waals surface area contributed by atoms with Gasteiger partial charge < -0.3 is 10.1 Å². The number of fused-ring (bicyclic) bond motifs is 2. The fourth-order valence-electron chi connectivity index (χ4n) is 4.07.